The van der Waals surface area contributed by atoms with Crippen molar-refractivity contribution in [3.63, 3.8) is 0 Å². The van der Waals surface area contributed by atoms with Gasteiger partial charge in [-0.15, -0.1) is 0 Å². The molecule has 0 radical (unpaired) electrons. The monoisotopic (exact) mass is 366 g/mol. The molecule has 1 fully saturated rings. The number of carbonyl (C=O) groups excluding carboxylic acids is 2. The second kappa shape index (κ2) is 8.25. The highest BCUT2D eigenvalue weighted by Crippen LogP contribution is 2.45. The molecule has 2 aromatic rings. The van der Waals surface area contributed by atoms with Gasteiger partial charge in [0.2, 0.25) is 11.8 Å². The van der Waals surface area contributed by atoms with Gasteiger partial charge in [0, 0.05) is 24.7 Å². The number of benzene rings is 2. The first-order valence-electron chi connectivity index (χ1n) is 9.28. The molecule has 0 spiro atoms. The minimum Gasteiger partial charge on any atom is -0.496 e. The fourth-order valence-corrected chi connectivity index (χ4v) is 3.44. The Balaban J connectivity index is 1.65. The first-order chi connectivity index (χ1) is 13.0. The second-order valence-corrected chi connectivity index (χ2v) is 7.18. The van der Waals surface area contributed by atoms with Crippen LogP contribution in [0.25, 0.3) is 0 Å². The lowest BCUT2D eigenvalue weighted by atomic mass is 9.89. The molecule has 1 aliphatic carbocycles. The first kappa shape index (κ1) is 19.0. The van der Waals surface area contributed by atoms with E-state index in [0.717, 1.165) is 17.0 Å². The van der Waals surface area contributed by atoms with Crippen LogP contribution in [0.5, 0.6) is 5.75 Å². The molecule has 2 amide bonds. The van der Waals surface area contributed by atoms with Crippen molar-refractivity contribution in [2.24, 2.45) is 5.92 Å². The molecule has 2 N–H and O–H groups in total. The molecule has 142 valence electrons. The Morgan fingerprint density at radius 3 is 2.22 bits per heavy atom. The van der Waals surface area contributed by atoms with Crippen molar-refractivity contribution in [1.29, 1.82) is 0 Å². The molecule has 1 aliphatic rings. The molecule has 0 heterocycles. The third kappa shape index (κ3) is 5.09. The SMILES string of the molecule is COc1ccc(C(CC(=O)Nc2ccc(NC(C)=O)cc2)C2CC2)cc1C. The largest absolute Gasteiger partial charge is 0.496 e. The van der Waals surface area contributed by atoms with Crippen LogP contribution in [0.3, 0.4) is 0 Å². The standard InChI is InChI=1S/C22H26N2O3/c1-14-12-17(6-11-21(14)27-3)20(16-4-5-16)13-22(26)24-19-9-7-18(8-10-19)23-15(2)25/h6-12,16,20H,4-5,13H2,1-3H3,(H,23,25)(H,24,26). The van der Waals surface area contributed by atoms with Gasteiger partial charge in [-0.2, -0.15) is 0 Å². The topological polar surface area (TPSA) is 67.4 Å². The number of anilines is 2. The molecule has 0 bridgehead atoms. The van der Waals surface area contributed by atoms with Crippen molar-refractivity contribution < 1.29 is 14.3 Å². The van der Waals surface area contributed by atoms with E-state index in [1.54, 1.807) is 31.4 Å². The maximum absolute atomic E-state index is 12.6. The van der Waals surface area contributed by atoms with Gasteiger partial charge in [0.1, 0.15) is 5.75 Å². The number of hydrogen-bond acceptors (Lipinski definition) is 3. The molecule has 5 nitrogen and oxygen atoms in total. The third-order valence-corrected chi connectivity index (χ3v) is 4.93. The van der Waals surface area contributed by atoms with Gasteiger partial charge < -0.3 is 15.4 Å². The normalized spacial score (nSPS) is 14.3. The predicted molar refractivity (Wildman–Crippen MR) is 107 cm³/mol. The summed E-state index contributed by atoms with van der Waals surface area (Å²) in [5.74, 6) is 1.57. The molecule has 0 aromatic heterocycles. The summed E-state index contributed by atoms with van der Waals surface area (Å²) >= 11 is 0. The zero-order chi connectivity index (χ0) is 19.4. The molecule has 2 aromatic carbocycles. The van der Waals surface area contributed by atoms with Crippen LogP contribution in [0.1, 0.15) is 43.2 Å². The zero-order valence-electron chi connectivity index (χ0n) is 16.0. The predicted octanol–water partition coefficient (Wildman–Crippen LogP) is 4.48. The van der Waals surface area contributed by atoms with Gasteiger partial charge in [0.25, 0.3) is 0 Å². The van der Waals surface area contributed by atoms with Crippen LogP contribution in [0.4, 0.5) is 11.4 Å². The van der Waals surface area contributed by atoms with Crippen molar-refractivity contribution in [1.82, 2.24) is 0 Å². The Morgan fingerprint density at radius 1 is 1.07 bits per heavy atom. The molecule has 3 rings (SSSR count). The van der Waals surface area contributed by atoms with Crippen LogP contribution in [0.2, 0.25) is 0 Å². The van der Waals surface area contributed by atoms with E-state index in [4.69, 9.17) is 4.74 Å². The van der Waals surface area contributed by atoms with Gasteiger partial charge in [-0.05, 0) is 73.1 Å². The van der Waals surface area contributed by atoms with Crippen LogP contribution in [0.15, 0.2) is 42.5 Å². The number of methoxy groups -OCH3 is 1. The van der Waals surface area contributed by atoms with Gasteiger partial charge in [-0.25, -0.2) is 0 Å². The number of carbonyl (C=O) groups is 2. The van der Waals surface area contributed by atoms with Gasteiger partial charge in [0.15, 0.2) is 0 Å². The number of hydrogen-bond donors (Lipinski definition) is 2. The van der Waals surface area contributed by atoms with Gasteiger partial charge in [0.05, 0.1) is 7.11 Å². The minimum absolute atomic E-state index is 0.00708. The van der Waals surface area contributed by atoms with Crippen molar-refractivity contribution in [3.8, 4) is 5.75 Å². The van der Waals surface area contributed by atoms with Crippen LogP contribution in [-0.2, 0) is 9.59 Å². The Labute approximate surface area is 160 Å². The van der Waals surface area contributed by atoms with E-state index in [0.29, 0.717) is 18.0 Å². The molecular weight excluding hydrogens is 340 g/mol. The summed E-state index contributed by atoms with van der Waals surface area (Å²) in [5.41, 5.74) is 3.74. The van der Waals surface area contributed by atoms with Gasteiger partial charge in [-0.1, -0.05) is 12.1 Å². The van der Waals surface area contributed by atoms with E-state index in [2.05, 4.69) is 22.8 Å². The number of amides is 2. The summed E-state index contributed by atoms with van der Waals surface area (Å²) < 4.78 is 5.34. The molecule has 1 saturated carbocycles. The summed E-state index contributed by atoms with van der Waals surface area (Å²) in [7, 11) is 1.67. The van der Waals surface area contributed by atoms with E-state index < -0.39 is 0 Å². The number of nitrogens with one attached hydrogen (secondary N) is 2. The molecule has 1 atom stereocenters. The molecule has 27 heavy (non-hydrogen) atoms. The fraction of sp³-hybridized carbons (Fsp3) is 0.364. The quantitative estimate of drug-likeness (QED) is 0.759. The Kier molecular flexibility index (Phi) is 5.79. The van der Waals surface area contributed by atoms with Crippen molar-refractivity contribution in [2.45, 2.75) is 39.0 Å². The smallest absolute Gasteiger partial charge is 0.224 e. The fourth-order valence-electron chi connectivity index (χ4n) is 3.44. The van der Waals surface area contributed by atoms with Crippen molar-refractivity contribution in [3.05, 3.63) is 53.6 Å². The lowest BCUT2D eigenvalue weighted by molar-refractivity contribution is -0.117. The van der Waals surface area contributed by atoms with Crippen LogP contribution < -0.4 is 15.4 Å². The summed E-state index contributed by atoms with van der Waals surface area (Å²) in [6.45, 7) is 3.50. The zero-order valence-corrected chi connectivity index (χ0v) is 16.0. The van der Waals surface area contributed by atoms with E-state index in [1.807, 2.05) is 13.0 Å². The number of aryl methyl sites for hydroxylation is 1. The highest BCUT2D eigenvalue weighted by atomic mass is 16.5. The Morgan fingerprint density at radius 2 is 1.70 bits per heavy atom. The van der Waals surface area contributed by atoms with Gasteiger partial charge in [-0.3, -0.25) is 9.59 Å². The number of ether oxygens (including phenoxy) is 1. The van der Waals surface area contributed by atoms with Crippen LogP contribution >= 0.6 is 0 Å². The van der Waals surface area contributed by atoms with Crippen LogP contribution in [-0.4, -0.2) is 18.9 Å². The maximum atomic E-state index is 12.6. The maximum Gasteiger partial charge on any atom is 0.224 e. The van der Waals surface area contributed by atoms with E-state index in [-0.39, 0.29) is 17.7 Å². The molecular formula is C22H26N2O3. The molecule has 0 aliphatic heterocycles. The minimum atomic E-state index is -0.117. The highest BCUT2D eigenvalue weighted by Gasteiger charge is 2.33. The second-order valence-electron chi connectivity index (χ2n) is 7.18. The van der Waals surface area contributed by atoms with Crippen LogP contribution in [0, 0.1) is 12.8 Å². The Bertz CT molecular complexity index is 826. The molecule has 0 saturated heterocycles. The lowest BCUT2D eigenvalue weighted by Crippen LogP contribution is -2.17. The van der Waals surface area contributed by atoms with E-state index in [9.17, 15) is 9.59 Å². The lowest BCUT2D eigenvalue weighted by Gasteiger charge is -2.18. The van der Waals surface area contributed by atoms with Gasteiger partial charge >= 0.3 is 0 Å². The first-order valence-corrected chi connectivity index (χ1v) is 9.28. The summed E-state index contributed by atoms with van der Waals surface area (Å²) in [5, 5.41) is 5.68. The van der Waals surface area contributed by atoms with Crippen molar-refractivity contribution >= 4 is 23.2 Å². The third-order valence-electron chi connectivity index (χ3n) is 4.93. The average Bonchev–Trinajstić information content (AvgIpc) is 3.46. The van der Waals surface area contributed by atoms with E-state index in [1.165, 1.54) is 25.3 Å². The summed E-state index contributed by atoms with van der Waals surface area (Å²) in [4.78, 5) is 23.7. The summed E-state index contributed by atoms with van der Waals surface area (Å²) in [6.07, 6.45) is 2.81. The molecule has 1 unspecified atom stereocenters. The van der Waals surface area contributed by atoms with Crippen molar-refractivity contribution in [2.75, 3.05) is 17.7 Å². The average molecular weight is 366 g/mol. The highest BCUT2D eigenvalue weighted by molar-refractivity contribution is 5.92. The van der Waals surface area contributed by atoms with E-state index >= 15 is 0 Å². The Hall–Kier alpha value is -2.82. The number of rotatable bonds is 7. The summed E-state index contributed by atoms with van der Waals surface area (Å²) in [6, 6.07) is 13.4. The molecule has 5 heteroatoms.